The Hall–Kier alpha value is -1.40. The Morgan fingerprint density at radius 1 is 1.36 bits per heavy atom. The van der Waals surface area contributed by atoms with Gasteiger partial charge in [-0.2, -0.15) is 0 Å². The summed E-state index contributed by atoms with van der Waals surface area (Å²) in [7, 11) is -2.86. The van der Waals surface area contributed by atoms with Crippen molar-refractivity contribution in [2.45, 2.75) is 25.7 Å². The molecule has 0 aliphatic carbocycles. The van der Waals surface area contributed by atoms with Crippen molar-refractivity contribution in [3.05, 3.63) is 30.1 Å². The van der Waals surface area contributed by atoms with Crippen molar-refractivity contribution in [2.75, 3.05) is 31.1 Å². The van der Waals surface area contributed by atoms with Crippen molar-refractivity contribution in [3.8, 4) is 0 Å². The summed E-state index contributed by atoms with van der Waals surface area (Å²) in [6, 6.07) is 4.10. The highest BCUT2D eigenvalue weighted by atomic mass is 32.2. The lowest BCUT2D eigenvalue weighted by molar-refractivity contribution is 0.223. The van der Waals surface area contributed by atoms with Crippen LogP contribution in [0.2, 0.25) is 0 Å². The fourth-order valence-corrected chi connectivity index (χ4v) is 4.02. The van der Waals surface area contributed by atoms with Gasteiger partial charge in [0.1, 0.15) is 5.65 Å². The summed E-state index contributed by atoms with van der Waals surface area (Å²) in [6.45, 7) is 4.32. The van der Waals surface area contributed by atoms with Crippen LogP contribution in [0.1, 0.15) is 31.2 Å². The minimum absolute atomic E-state index is 0.242. The van der Waals surface area contributed by atoms with Gasteiger partial charge in [0.2, 0.25) is 0 Å². The van der Waals surface area contributed by atoms with Gasteiger partial charge in [-0.3, -0.25) is 0 Å². The fraction of sp³-hybridized carbons (Fsp3) is 0.562. The third kappa shape index (κ3) is 3.33. The van der Waals surface area contributed by atoms with Gasteiger partial charge in [0.25, 0.3) is 0 Å². The van der Waals surface area contributed by atoms with E-state index in [9.17, 15) is 8.42 Å². The largest absolute Gasteiger partial charge is 0.346 e. The fourth-order valence-electron chi connectivity index (χ4n) is 3.19. The Kier molecular flexibility index (Phi) is 4.49. The van der Waals surface area contributed by atoms with E-state index in [4.69, 9.17) is 0 Å². The molecule has 120 valence electrons. The van der Waals surface area contributed by atoms with E-state index >= 15 is 0 Å². The van der Waals surface area contributed by atoms with Crippen LogP contribution < -0.4 is 0 Å². The number of likely N-dealkylation sites (tertiary alicyclic amines) is 1. The summed E-state index contributed by atoms with van der Waals surface area (Å²) in [5, 5.41) is 1.22. The molecular weight excluding hydrogens is 298 g/mol. The van der Waals surface area contributed by atoms with Gasteiger partial charge in [-0.1, -0.05) is 6.92 Å². The van der Waals surface area contributed by atoms with Crippen LogP contribution >= 0.6 is 0 Å². The summed E-state index contributed by atoms with van der Waals surface area (Å²) in [4.78, 5) is 9.86. The van der Waals surface area contributed by atoms with E-state index in [2.05, 4.69) is 27.1 Å². The van der Waals surface area contributed by atoms with Gasteiger partial charge in [-0.25, -0.2) is 13.4 Å². The Balaban J connectivity index is 1.60. The number of hydrogen-bond donors (Lipinski definition) is 1. The van der Waals surface area contributed by atoms with Gasteiger partial charge in [0, 0.05) is 30.1 Å². The number of nitrogens with one attached hydrogen (secondary N) is 1. The number of rotatable bonds is 5. The van der Waals surface area contributed by atoms with Gasteiger partial charge in [0.05, 0.1) is 5.75 Å². The van der Waals surface area contributed by atoms with E-state index in [1.165, 1.54) is 10.9 Å². The average molecular weight is 321 g/mol. The van der Waals surface area contributed by atoms with Crippen molar-refractivity contribution in [3.63, 3.8) is 0 Å². The van der Waals surface area contributed by atoms with Crippen LogP contribution in [0.3, 0.4) is 0 Å². The zero-order valence-electron chi connectivity index (χ0n) is 13.0. The molecule has 1 aliphatic rings. The molecule has 1 N–H and O–H groups in total. The van der Waals surface area contributed by atoms with E-state index in [-0.39, 0.29) is 11.5 Å². The average Bonchev–Trinajstić information content (AvgIpc) is 2.98. The third-order valence-electron chi connectivity index (χ3n) is 4.67. The van der Waals surface area contributed by atoms with E-state index in [0.29, 0.717) is 12.5 Å². The molecule has 1 fully saturated rings. The zero-order chi connectivity index (χ0) is 15.6. The first-order valence-corrected chi connectivity index (χ1v) is 9.76. The molecule has 1 aliphatic heterocycles. The van der Waals surface area contributed by atoms with Crippen LogP contribution in [-0.2, 0) is 9.84 Å². The third-order valence-corrected chi connectivity index (χ3v) is 6.35. The number of nitrogens with zero attached hydrogens (tertiary/aromatic N) is 2. The number of H-pyrrole nitrogens is 1. The van der Waals surface area contributed by atoms with Crippen molar-refractivity contribution >= 4 is 20.9 Å². The van der Waals surface area contributed by atoms with Gasteiger partial charge in [-0.15, -0.1) is 0 Å². The number of pyridine rings is 1. The van der Waals surface area contributed by atoms with Gasteiger partial charge < -0.3 is 9.88 Å². The second kappa shape index (κ2) is 6.38. The zero-order valence-corrected chi connectivity index (χ0v) is 13.8. The number of fused-ring (bicyclic) bond motifs is 1. The number of aromatic nitrogens is 2. The monoisotopic (exact) mass is 321 g/mol. The molecule has 0 bridgehead atoms. The molecule has 2 aromatic rings. The predicted molar refractivity (Wildman–Crippen MR) is 88.8 cm³/mol. The minimum atomic E-state index is -2.86. The maximum atomic E-state index is 11.6. The van der Waals surface area contributed by atoms with Gasteiger partial charge >= 0.3 is 0 Å². The Bertz CT molecular complexity index is 731. The van der Waals surface area contributed by atoms with Crippen LogP contribution in [0.15, 0.2) is 24.5 Å². The molecule has 0 amide bonds. The molecule has 5 nitrogen and oxygen atoms in total. The quantitative estimate of drug-likeness (QED) is 0.916. The number of aromatic amines is 1. The second-order valence-electron chi connectivity index (χ2n) is 6.00. The van der Waals surface area contributed by atoms with Crippen LogP contribution in [-0.4, -0.2) is 54.4 Å². The Morgan fingerprint density at radius 2 is 2.14 bits per heavy atom. The van der Waals surface area contributed by atoms with Gasteiger partial charge in [0.15, 0.2) is 9.84 Å². The molecule has 0 radical (unpaired) electrons. The molecule has 3 rings (SSSR count). The maximum absolute atomic E-state index is 11.6. The summed E-state index contributed by atoms with van der Waals surface area (Å²) in [5.41, 5.74) is 2.30. The normalized spacial score (nSPS) is 18.0. The molecule has 22 heavy (non-hydrogen) atoms. The van der Waals surface area contributed by atoms with Crippen LogP contribution in [0.4, 0.5) is 0 Å². The first-order chi connectivity index (χ1) is 10.6. The molecule has 0 saturated carbocycles. The first kappa shape index (κ1) is 15.5. The van der Waals surface area contributed by atoms with Crippen LogP contribution in [0, 0.1) is 0 Å². The molecule has 6 heteroatoms. The Labute approximate surface area is 131 Å². The molecule has 3 heterocycles. The molecule has 0 spiro atoms. The molecule has 1 saturated heterocycles. The lowest BCUT2D eigenvalue weighted by atomic mass is 9.89. The van der Waals surface area contributed by atoms with Crippen LogP contribution in [0.25, 0.3) is 11.0 Å². The van der Waals surface area contributed by atoms with Crippen molar-refractivity contribution in [1.82, 2.24) is 14.9 Å². The number of sulfone groups is 1. The first-order valence-electron chi connectivity index (χ1n) is 7.94. The van der Waals surface area contributed by atoms with E-state index in [1.54, 1.807) is 13.1 Å². The minimum Gasteiger partial charge on any atom is -0.346 e. The number of hydrogen-bond acceptors (Lipinski definition) is 4. The van der Waals surface area contributed by atoms with Crippen LogP contribution in [0.5, 0.6) is 0 Å². The van der Waals surface area contributed by atoms with Crippen molar-refractivity contribution in [2.24, 2.45) is 0 Å². The molecule has 0 aromatic carbocycles. The summed E-state index contributed by atoms with van der Waals surface area (Å²) in [5.74, 6) is 1.06. The lowest BCUT2D eigenvalue weighted by Crippen LogP contribution is -2.36. The highest BCUT2D eigenvalue weighted by Crippen LogP contribution is 2.32. The Morgan fingerprint density at radius 3 is 2.86 bits per heavy atom. The highest BCUT2D eigenvalue weighted by Gasteiger charge is 2.23. The standard InChI is InChI=1S/C16H23N3O2S/c1-2-22(20,21)11-10-19-8-5-13(6-9-19)15-12-18-16-14(15)4-3-7-17-16/h3-4,7,12-13H,2,5-6,8-11H2,1H3,(H,17,18). The lowest BCUT2D eigenvalue weighted by Gasteiger charge is -2.31. The summed E-state index contributed by atoms with van der Waals surface area (Å²) < 4.78 is 23.2. The smallest absolute Gasteiger partial charge is 0.151 e. The second-order valence-corrected chi connectivity index (χ2v) is 8.47. The van der Waals surface area contributed by atoms with E-state index < -0.39 is 9.84 Å². The molecule has 0 atom stereocenters. The highest BCUT2D eigenvalue weighted by molar-refractivity contribution is 7.91. The van der Waals surface area contributed by atoms with Crippen molar-refractivity contribution < 1.29 is 8.42 Å². The SMILES string of the molecule is CCS(=O)(=O)CCN1CCC(c2c[nH]c3ncccc23)CC1. The van der Waals surface area contributed by atoms with Crippen molar-refractivity contribution in [1.29, 1.82) is 0 Å². The molecular formula is C16H23N3O2S. The summed E-state index contributed by atoms with van der Waals surface area (Å²) in [6.07, 6.45) is 6.04. The maximum Gasteiger partial charge on any atom is 0.151 e. The number of piperidine rings is 1. The van der Waals surface area contributed by atoms with Gasteiger partial charge in [-0.05, 0) is 49.5 Å². The predicted octanol–water partition coefficient (Wildman–Crippen LogP) is 2.18. The summed E-state index contributed by atoms with van der Waals surface area (Å²) >= 11 is 0. The molecule has 0 unspecified atom stereocenters. The van der Waals surface area contributed by atoms with E-state index in [1.807, 2.05) is 6.07 Å². The molecule has 2 aromatic heterocycles. The van der Waals surface area contributed by atoms with E-state index in [0.717, 1.165) is 31.6 Å². The topological polar surface area (TPSA) is 66.1 Å².